The molecule has 0 atom stereocenters. The summed E-state index contributed by atoms with van der Waals surface area (Å²) in [4.78, 5) is 11.6. The maximum Gasteiger partial charge on any atom is 0.277 e. The number of carbonyl (C=O) groups excluding carboxylic acids is 1. The predicted molar refractivity (Wildman–Crippen MR) is 65.9 cm³/mol. The first-order chi connectivity index (χ1) is 8.25. The number of hydrazone groups is 1. The minimum absolute atomic E-state index is 0.210. The molecule has 0 aromatic heterocycles. The lowest BCUT2D eigenvalue weighted by Crippen LogP contribution is -2.22. The Morgan fingerprint density at radius 3 is 2.76 bits per heavy atom. The summed E-state index contributed by atoms with van der Waals surface area (Å²) in [6.07, 6.45) is 3.76. The van der Waals surface area contributed by atoms with Gasteiger partial charge in [-0.15, -0.1) is 0 Å². The first kappa shape index (κ1) is 9.65. The van der Waals surface area contributed by atoms with E-state index in [2.05, 4.69) is 15.8 Å². The van der Waals surface area contributed by atoms with Gasteiger partial charge in [-0.3, -0.25) is 4.79 Å². The van der Waals surface area contributed by atoms with Crippen LogP contribution in [0.15, 0.2) is 46.7 Å². The zero-order valence-corrected chi connectivity index (χ0v) is 8.90. The van der Waals surface area contributed by atoms with Gasteiger partial charge in [-0.1, -0.05) is 24.3 Å². The number of amides is 1. The van der Waals surface area contributed by atoms with E-state index in [0.717, 1.165) is 11.3 Å². The Balaban J connectivity index is 2.08. The van der Waals surface area contributed by atoms with E-state index in [-0.39, 0.29) is 11.7 Å². The van der Waals surface area contributed by atoms with Gasteiger partial charge >= 0.3 is 0 Å². The van der Waals surface area contributed by atoms with E-state index in [0.29, 0.717) is 11.3 Å². The Morgan fingerprint density at radius 2 is 2.00 bits per heavy atom. The summed E-state index contributed by atoms with van der Waals surface area (Å²) in [6, 6.07) is 7.83. The highest BCUT2D eigenvalue weighted by atomic mass is 16.2. The molecule has 5 nitrogen and oxygen atoms in total. The van der Waals surface area contributed by atoms with Gasteiger partial charge in [0.15, 0.2) is 5.84 Å². The first-order valence-electron chi connectivity index (χ1n) is 5.18. The molecule has 1 amide bonds. The molecule has 2 heterocycles. The van der Waals surface area contributed by atoms with E-state index in [9.17, 15) is 4.79 Å². The number of amidine groups is 1. The molecule has 2 aliphatic heterocycles. The molecule has 0 unspecified atom stereocenters. The summed E-state index contributed by atoms with van der Waals surface area (Å²) in [5, 5.41) is 6.86. The lowest BCUT2D eigenvalue weighted by Gasteiger charge is -2.16. The summed E-state index contributed by atoms with van der Waals surface area (Å²) in [5.74, 6) is -0.0736. The van der Waals surface area contributed by atoms with Crippen molar-refractivity contribution in [1.82, 2.24) is 5.43 Å². The molecule has 1 aromatic rings. The quantitative estimate of drug-likeness (QED) is 0.572. The third-order valence-electron chi connectivity index (χ3n) is 2.69. The highest BCUT2D eigenvalue weighted by Gasteiger charge is 2.24. The van der Waals surface area contributed by atoms with Crippen LogP contribution in [0, 0.1) is 0 Å². The van der Waals surface area contributed by atoms with E-state index in [1.807, 2.05) is 36.4 Å². The fourth-order valence-corrected chi connectivity index (χ4v) is 1.86. The Labute approximate surface area is 97.7 Å². The highest BCUT2D eigenvalue weighted by molar-refractivity contribution is 6.24. The highest BCUT2D eigenvalue weighted by Crippen LogP contribution is 2.26. The number of hydrogen-bond donors (Lipinski definition) is 3. The van der Waals surface area contributed by atoms with Crippen molar-refractivity contribution >= 4 is 23.5 Å². The predicted octanol–water partition coefficient (Wildman–Crippen LogP) is 0.781. The maximum atomic E-state index is 11.6. The van der Waals surface area contributed by atoms with E-state index in [1.54, 1.807) is 0 Å². The maximum absolute atomic E-state index is 11.6. The van der Waals surface area contributed by atoms with Gasteiger partial charge in [0.25, 0.3) is 5.91 Å². The molecule has 1 aromatic carbocycles. The van der Waals surface area contributed by atoms with Gasteiger partial charge in [-0.2, -0.15) is 5.10 Å². The standard InChI is InChI=1S/C12H10N4O/c13-11-10(12(17)16-15-11)9-6-5-7-3-1-2-4-8(7)14-9/h1-6,14H,(H2,13,15)(H,16,17). The number of benzene rings is 1. The van der Waals surface area contributed by atoms with Gasteiger partial charge in [0, 0.05) is 5.69 Å². The largest absolute Gasteiger partial charge is 0.382 e. The van der Waals surface area contributed by atoms with Gasteiger partial charge in [0.1, 0.15) is 5.57 Å². The average Bonchev–Trinajstić information content (AvgIpc) is 2.68. The summed E-state index contributed by atoms with van der Waals surface area (Å²) in [5.41, 5.74) is 11.1. The minimum atomic E-state index is -0.283. The third kappa shape index (κ3) is 1.48. The molecule has 0 bridgehead atoms. The van der Waals surface area contributed by atoms with Gasteiger partial charge in [0.2, 0.25) is 0 Å². The monoisotopic (exact) mass is 226 g/mol. The number of carbonyl (C=O) groups is 1. The summed E-state index contributed by atoms with van der Waals surface area (Å²) < 4.78 is 0. The molecule has 3 rings (SSSR count). The second-order valence-electron chi connectivity index (χ2n) is 3.77. The Hall–Kier alpha value is -2.56. The summed E-state index contributed by atoms with van der Waals surface area (Å²) in [6.45, 7) is 0. The van der Waals surface area contributed by atoms with Gasteiger partial charge < -0.3 is 11.1 Å². The van der Waals surface area contributed by atoms with Gasteiger partial charge in [0.05, 0.1) is 5.70 Å². The number of allylic oxidation sites excluding steroid dienone is 1. The molecule has 4 N–H and O–H groups in total. The minimum Gasteiger partial charge on any atom is -0.382 e. The van der Waals surface area contributed by atoms with Gasteiger partial charge in [-0.25, -0.2) is 5.43 Å². The van der Waals surface area contributed by atoms with Crippen LogP contribution in [0.3, 0.4) is 0 Å². The fourth-order valence-electron chi connectivity index (χ4n) is 1.86. The second-order valence-corrected chi connectivity index (χ2v) is 3.77. The average molecular weight is 226 g/mol. The molecule has 84 valence electrons. The fraction of sp³-hybridized carbons (Fsp3) is 0. The number of nitrogens with one attached hydrogen (secondary N) is 2. The van der Waals surface area contributed by atoms with Crippen molar-refractivity contribution < 1.29 is 4.79 Å². The Kier molecular flexibility index (Phi) is 1.98. The lowest BCUT2D eigenvalue weighted by molar-refractivity contribution is -0.116. The number of rotatable bonds is 0. The van der Waals surface area contributed by atoms with Crippen molar-refractivity contribution in [2.24, 2.45) is 10.8 Å². The number of anilines is 1. The van der Waals surface area contributed by atoms with Crippen LogP contribution in [0.1, 0.15) is 5.56 Å². The second kappa shape index (κ2) is 3.48. The topological polar surface area (TPSA) is 79.5 Å². The van der Waals surface area contributed by atoms with Crippen molar-refractivity contribution in [3.63, 3.8) is 0 Å². The zero-order valence-electron chi connectivity index (χ0n) is 8.90. The van der Waals surface area contributed by atoms with Crippen LogP contribution in [-0.4, -0.2) is 11.7 Å². The molecule has 0 saturated heterocycles. The number of hydrogen-bond acceptors (Lipinski definition) is 4. The molecule has 0 aliphatic carbocycles. The smallest absolute Gasteiger partial charge is 0.277 e. The SMILES string of the molecule is NC1=NNC(=O)C1=C1C=Cc2ccccc2N1. The molecule has 0 saturated carbocycles. The van der Waals surface area contributed by atoms with Crippen molar-refractivity contribution in [2.75, 3.05) is 5.32 Å². The van der Waals surface area contributed by atoms with E-state index >= 15 is 0 Å². The summed E-state index contributed by atoms with van der Waals surface area (Å²) >= 11 is 0. The van der Waals surface area contributed by atoms with Crippen LogP contribution < -0.4 is 16.5 Å². The molecular weight excluding hydrogens is 216 g/mol. The molecule has 17 heavy (non-hydrogen) atoms. The van der Waals surface area contributed by atoms with Crippen molar-refractivity contribution in [2.45, 2.75) is 0 Å². The number of fused-ring (bicyclic) bond motifs is 1. The van der Waals surface area contributed by atoms with E-state index < -0.39 is 0 Å². The van der Waals surface area contributed by atoms with Crippen LogP contribution in [0.5, 0.6) is 0 Å². The van der Waals surface area contributed by atoms with E-state index in [4.69, 9.17) is 5.73 Å². The van der Waals surface area contributed by atoms with Gasteiger partial charge in [-0.05, 0) is 17.7 Å². The van der Waals surface area contributed by atoms with Crippen molar-refractivity contribution in [3.05, 3.63) is 47.2 Å². The van der Waals surface area contributed by atoms with Crippen molar-refractivity contribution in [3.8, 4) is 0 Å². The Morgan fingerprint density at radius 1 is 1.18 bits per heavy atom. The summed E-state index contributed by atoms with van der Waals surface area (Å²) in [7, 11) is 0. The number of nitrogens with two attached hydrogens (primary N) is 1. The van der Waals surface area contributed by atoms with Crippen LogP contribution in [0.4, 0.5) is 5.69 Å². The van der Waals surface area contributed by atoms with Crippen LogP contribution >= 0.6 is 0 Å². The number of para-hydroxylation sites is 1. The van der Waals surface area contributed by atoms with Crippen LogP contribution in [-0.2, 0) is 4.79 Å². The third-order valence-corrected chi connectivity index (χ3v) is 2.69. The molecule has 5 heteroatoms. The number of nitrogens with zero attached hydrogens (tertiary/aromatic N) is 1. The molecular formula is C12H10N4O. The van der Waals surface area contributed by atoms with E-state index in [1.165, 1.54) is 0 Å². The van der Waals surface area contributed by atoms with Crippen LogP contribution in [0.25, 0.3) is 6.08 Å². The van der Waals surface area contributed by atoms with Crippen LogP contribution in [0.2, 0.25) is 0 Å². The Bertz CT molecular complexity index is 598. The lowest BCUT2D eigenvalue weighted by atomic mass is 10.0. The van der Waals surface area contributed by atoms with Crippen molar-refractivity contribution in [1.29, 1.82) is 0 Å². The zero-order chi connectivity index (χ0) is 11.8. The molecule has 2 aliphatic rings. The molecule has 0 fully saturated rings. The molecule has 0 radical (unpaired) electrons. The molecule has 0 spiro atoms. The normalized spacial score (nSPS) is 21.6. The first-order valence-corrected chi connectivity index (χ1v) is 5.18.